The minimum atomic E-state index is -4.89. The van der Waals surface area contributed by atoms with Crippen LogP contribution in [0.1, 0.15) is 0 Å². The Morgan fingerprint density at radius 1 is 1.28 bits per heavy atom. The van der Waals surface area contributed by atoms with E-state index in [0.717, 1.165) is 14.4 Å². The first-order valence-electron chi connectivity index (χ1n) is 7.95. The summed E-state index contributed by atoms with van der Waals surface area (Å²) in [6.07, 6.45) is 1.40. The highest BCUT2D eigenvalue weighted by molar-refractivity contribution is 9.09. The maximum atomic E-state index is 11.9. The molecule has 0 saturated carbocycles. The van der Waals surface area contributed by atoms with E-state index in [1.165, 1.54) is 24.5 Å². The van der Waals surface area contributed by atoms with Crippen LogP contribution in [-0.4, -0.2) is 77.0 Å². The molecule has 2 aromatic heterocycles. The van der Waals surface area contributed by atoms with Gasteiger partial charge in [0.2, 0.25) is 0 Å². The number of hydrogen-bond acceptors (Lipinski definition) is 6. The summed E-state index contributed by atoms with van der Waals surface area (Å²) in [5.41, 5.74) is -0.897. The van der Waals surface area contributed by atoms with Crippen molar-refractivity contribution in [1.29, 1.82) is 0 Å². The Morgan fingerprint density at radius 3 is 2.10 bits per heavy atom. The van der Waals surface area contributed by atoms with Gasteiger partial charge >= 0.3 is 11.7 Å². The second-order valence-electron chi connectivity index (χ2n) is 6.85. The minimum absolute atomic E-state index is 0.202. The zero-order valence-electron chi connectivity index (χ0n) is 16.6. The van der Waals surface area contributed by atoms with Crippen molar-refractivity contribution in [3.05, 3.63) is 27.2 Å². The first kappa shape index (κ1) is 27.2. The molecule has 0 aliphatic carbocycles. The summed E-state index contributed by atoms with van der Waals surface area (Å²) in [7, 11) is 4.70. The Balaban J connectivity index is 0.000000543. The van der Waals surface area contributed by atoms with Gasteiger partial charge in [0, 0.05) is 14.1 Å². The van der Waals surface area contributed by atoms with Gasteiger partial charge in [-0.25, -0.2) is 14.3 Å². The fourth-order valence-corrected chi connectivity index (χ4v) is 2.99. The average molecular weight is 502 g/mol. The van der Waals surface area contributed by atoms with Crippen LogP contribution in [0.3, 0.4) is 0 Å². The van der Waals surface area contributed by atoms with E-state index in [4.69, 9.17) is 24.4 Å². The van der Waals surface area contributed by atoms with Crippen molar-refractivity contribution in [3.8, 4) is 0 Å². The molecule has 0 aromatic carbocycles. The number of aromatic nitrogens is 4. The van der Waals surface area contributed by atoms with Crippen LogP contribution in [0.25, 0.3) is 11.2 Å². The number of aryl methyl sites for hydroxylation is 2. The second-order valence-corrected chi connectivity index (χ2v) is 8.62. The maximum absolute atomic E-state index is 11.9. The van der Waals surface area contributed by atoms with Crippen LogP contribution in [-0.2, 0) is 30.0 Å². The lowest BCUT2D eigenvalue weighted by molar-refractivity contribution is -0.867. The Morgan fingerprint density at radius 2 is 1.76 bits per heavy atom. The Labute approximate surface area is 174 Å². The second kappa shape index (κ2) is 10.8. The van der Waals surface area contributed by atoms with Gasteiger partial charge in [-0.2, -0.15) is 0 Å². The summed E-state index contributed by atoms with van der Waals surface area (Å²) in [6.45, 7) is 0.534. The number of hydrogen-bond donors (Lipinski definition) is 3. The quantitative estimate of drug-likeness (QED) is 0.243. The molecule has 2 aromatic rings. The number of imidazole rings is 1. The molecule has 0 bridgehead atoms. The van der Waals surface area contributed by atoms with Gasteiger partial charge in [-0.1, -0.05) is 15.9 Å². The van der Waals surface area contributed by atoms with Crippen LogP contribution in [0.2, 0.25) is 0 Å². The lowest BCUT2D eigenvalue weighted by atomic mass is 10.5. The van der Waals surface area contributed by atoms with Gasteiger partial charge in [0.25, 0.3) is 13.4 Å². The van der Waals surface area contributed by atoms with Crippen LogP contribution in [0.15, 0.2) is 15.9 Å². The van der Waals surface area contributed by atoms with Crippen LogP contribution in [0.5, 0.6) is 0 Å². The summed E-state index contributed by atoms with van der Waals surface area (Å²) in [5.74, 6) is -1.24. The van der Waals surface area contributed by atoms with Crippen LogP contribution in [0.4, 0.5) is 0 Å². The molecule has 15 heteroatoms. The number of carboxylic acids is 1. The molecular formula is C14H25BrN5O8P. The average Bonchev–Trinajstić information content (AvgIpc) is 2.89. The molecule has 0 aliphatic rings. The van der Waals surface area contributed by atoms with E-state index in [0.29, 0.717) is 4.57 Å². The van der Waals surface area contributed by atoms with Gasteiger partial charge < -0.3 is 28.8 Å². The molecule has 0 aliphatic heterocycles. The van der Waals surface area contributed by atoms with Crippen LogP contribution in [0, 0.1) is 0 Å². The van der Waals surface area contributed by atoms with Crippen molar-refractivity contribution in [1.82, 2.24) is 18.7 Å². The number of fused-ring (bicyclic) bond motifs is 1. The molecular weight excluding hydrogens is 477 g/mol. The number of rotatable bonds is 4. The largest absolute Gasteiger partial charge is 0.756 e. The summed E-state index contributed by atoms with van der Waals surface area (Å²) < 4.78 is 13.1. The predicted molar refractivity (Wildman–Crippen MR) is 107 cm³/mol. The first-order chi connectivity index (χ1) is 13.0. The van der Waals surface area contributed by atoms with Gasteiger partial charge in [-0.3, -0.25) is 18.7 Å². The number of phosphoric acid groups is 1. The molecule has 0 amide bonds. The molecule has 166 valence electrons. The molecule has 2 heterocycles. The van der Waals surface area contributed by atoms with E-state index in [2.05, 4.69) is 42.1 Å². The third-order valence-corrected chi connectivity index (χ3v) is 3.60. The number of carbonyl (C=O) groups is 1. The Hall–Kier alpha value is -1.83. The molecule has 0 spiro atoms. The van der Waals surface area contributed by atoms with Crippen molar-refractivity contribution in [2.75, 3.05) is 33.0 Å². The van der Waals surface area contributed by atoms with Gasteiger partial charge in [-0.05, 0) is 0 Å². The molecule has 0 saturated heterocycles. The predicted octanol–water partition coefficient (Wildman–Crippen LogP) is -1.95. The third kappa shape index (κ3) is 9.96. The minimum Gasteiger partial charge on any atom is -0.756 e. The van der Waals surface area contributed by atoms with E-state index in [9.17, 15) is 14.4 Å². The van der Waals surface area contributed by atoms with Gasteiger partial charge in [-0.15, -0.1) is 0 Å². The summed E-state index contributed by atoms with van der Waals surface area (Å²) >= 11 is 3.37. The number of quaternary nitrogens is 1. The number of carboxylic acid groups (broad SMARTS) is 1. The molecule has 13 nitrogen and oxygen atoms in total. The molecule has 29 heavy (non-hydrogen) atoms. The number of nitrogens with zero attached hydrogens (tertiary/aromatic N) is 5. The molecule has 2 rings (SSSR count). The van der Waals surface area contributed by atoms with Gasteiger partial charge in [0.1, 0.15) is 6.54 Å². The van der Waals surface area contributed by atoms with Crippen molar-refractivity contribution in [2.24, 2.45) is 14.1 Å². The normalized spacial score (nSPS) is 11.3. The maximum Gasteiger partial charge on any atom is 0.333 e. The van der Waals surface area contributed by atoms with E-state index in [-0.39, 0.29) is 11.2 Å². The van der Waals surface area contributed by atoms with E-state index in [1.807, 2.05) is 0 Å². The Kier molecular flexibility index (Phi) is 10.1. The molecule has 0 fully saturated rings. The molecule has 0 radical (unpaired) electrons. The summed E-state index contributed by atoms with van der Waals surface area (Å²) in [5, 5.41) is 9.76. The molecule has 3 N–H and O–H groups in total. The summed E-state index contributed by atoms with van der Waals surface area (Å²) in [6, 6.07) is 0. The zero-order valence-corrected chi connectivity index (χ0v) is 19.1. The number of alkyl halides is 1. The SMILES string of the molecule is C[N+](C)(C)CCBr.Cn1cnc2c1c(=O)n(CC(=O)O)c(=O)n2C.O=P([O-])(O)O. The smallest absolute Gasteiger partial charge is 0.333 e. The van der Waals surface area contributed by atoms with Crippen molar-refractivity contribution >= 4 is 40.9 Å². The zero-order chi connectivity index (χ0) is 23.2. The van der Waals surface area contributed by atoms with Gasteiger partial charge in [0.15, 0.2) is 11.2 Å². The number of halogens is 1. The highest BCUT2D eigenvalue weighted by Crippen LogP contribution is 2.19. The van der Waals surface area contributed by atoms with Crippen LogP contribution < -0.4 is 16.1 Å². The van der Waals surface area contributed by atoms with Crippen molar-refractivity contribution in [2.45, 2.75) is 6.54 Å². The fourth-order valence-electron chi connectivity index (χ4n) is 1.92. The first-order valence-corrected chi connectivity index (χ1v) is 10.6. The fraction of sp³-hybridized carbons (Fsp3) is 0.571. The lowest BCUT2D eigenvalue weighted by Gasteiger charge is -2.21. The van der Waals surface area contributed by atoms with E-state index >= 15 is 0 Å². The molecule has 0 atom stereocenters. The number of aliphatic carboxylic acids is 1. The van der Waals surface area contributed by atoms with Gasteiger partial charge in [0.05, 0.1) is 39.3 Å². The monoisotopic (exact) mass is 501 g/mol. The standard InChI is InChI=1S/C9H10N4O4.C5H13BrN.H3O4P/c1-11-4-10-7-6(11)8(16)13(3-5(14)15)9(17)12(7)2;1-7(2,3)5-4-6;1-5(2,3)4/h4H,3H2,1-2H3,(H,14,15);4-5H2,1-3H3;(H3,1,2,3,4)/q;+1;/p-1. The highest BCUT2D eigenvalue weighted by Gasteiger charge is 2.16. The molecule has 0 unspecified atom stereocenters. The topological polar surface area (TPSA) is 180 Å². The van der Waals surface area contributed by atoms with E-state index in [1.54, 1.807) is 7.05 Å². The van der Waals surface area contributed by atoms with Crippen molar-refractivity contribution in [3.63, 3.8) is 0 Å². The third-order valence-electron chi connectivity index (χ3n) is 3.25. The highest BCUT2D eigenvalue weighted by atomic mass is 79.9. The lowest BCUT2D eigenvalue weighted by Crippen LogP contribution is -2.41. The Bertz CT molecular complexity index is 992. The summed E-state index contributed by atoms with van der Waals surface area (Å²) in [4.78, 5) is 61.2. The van der Waals surface area contributed by atoms with E-state index < -0.39 is 31.6 Å². The van der Waals surface area contributed by atoms with Crippen LogP contribution >= 0.6 is 23.8 Å². The van der Waals surface area contributed by atoms with Crippen molar-refractivity contribution < 1.29 is 33.6 Å².